The van der Waals surface area contributed by atoms with Crippen LogP contribution in [-0.2, 0) is 6.54 Å². The Labute approximate surface area is 88.2 Å². The van der Waals surface area contributed by atoms with Gasteiger partial charge < -0.3 is 10.4 Å². The summed E-state index contributed by atoms with van der Waals surface area (Å²) < 4.78 is 0. The van der Waals surface area contributed by atoms with Crippen molar-refractivity contribution in [2.45, 2.75) is 26.3 Å². The zero-order chi connectivity index (χ0) is 10.0. The molecule has 4 heteroatoms. The Hall–Kier alpha value is -0.450. The number of aryl methyl sites for hydroxylation is 1. The first-order chi connectivity index (χ1) is 6.76. The van der Waals surface area contributed by atoms with Crippen LogP contribution in [0.1, 0.15) is 23.4 Å². The van der Waals surface area contributed by atoms with Crippen LogP contribution in [-0.4, -0.2) is 23.2 Å². The monoisotopic (exact) mass is 212 g/mol. The number of thiazole rings is 1. The van der Waals surface area contributed by atoms with E-state index in [4.69, 9.17) is 5.11 Å². The molecule has 1 aromatic heterocycles. The van der Waals surface area contributed by atoms with Crippen molar-refractivity contribution in [2.75, 3.05) is 13.2 Å². The zero-order valence-corrected chi connectivity index (χ0v) is 9.23. The van der Waals surface area contributed by atoms with Crippen molar-refractivity contribution in [2.24, 2.45) is 5.41 Å². The summed E-state index contributed by atoms with van der Waals surface area (Å²) in [4.78, 5) is 5.50. The van der Waals surface area contributed by atoms with E-state index in [9.17, 15) is 0 Å². The molecule has 78 valence electrons. The molecule has 1 fully saturated rings. The number of hydrogen-bond acceptors (Lipinski definition) is 4. The highest BCUT2D eigenvalue weighted by atomic mass is 32.1. The molecule has 0 radical (unpaired) electrons. The van der Waals surface area contributed by atoms with Gasteiger partial charge in [0, 0.05) is 30.0 Å². The highest BCUT2D eigenvalue weighted by Crippen LogP contribution is 2.44. The van der Waals surface area contributed by atoms with Crippen molar-refractivity contribution in [1.29, 1.82) is 0 Å². The number of aliphatic hydroxyl groups excluding tert-OH is 1. The predicted molar refractivity (Wildman–Crippen MR) is 57.3 cm³/mol. The average molecular weight is 212 g/mol. The molecule has 2 rings (SSSR count). The molecule has 0 aliphatic heterocycles. The van der Waals surface area contributed by atoms with Crippen LogP contribution in [0.2, 0.25) is 0 Å². The molecule has 2 N–H and O–H groups in total. The van der Waals surface area contributed by atoms with E-state index >= 15 is 0 Å². The van der Waals surface area contributed by atoms with Gasteiger partial charge in [0.1, 0.15) is 0 Å². The lowest BCUT2D eigenvalue weighted by Gasteiger charge is -2.11. The van der Waals surface area contributed by atoms with E-state index in [1.54, 1.807) is 11.3 Å². The van der Waals surface area contributed by atoms with Gasteiger partial charge in [0.25, 0.3) is 0 Å². The Morgan fingerprint density at radius 3 is 2.93 bits per heavy atom. The summed E-state index contributed by atoms with van der Waals surface area (Å²) in [6.07, 6.45) is 2.33. The summed E-state index contributed by atoms with van der Waals surface area (Å²) in [7, 11) is 0. The number of hydrogen-bond donors (Lipinski definition) is 2. The maximum atomic E-state index is 9.12. The first-order valence-corrected chi connectivity index (χ1v) is 5.84. The van der Waals surface area contributed by atoms with Crippen molar-refractivity contribution >= 4 is 11.3 Å². The van der Waals surface area contributed by atoms with Crippen molar-refractivity contribution in [3.05, 3.63) is 16.1 Å². The number of aromatic nitrogens is 1. The summed E-state index contributed by atoms with van der Waals surface area (Å²) in [5.74, 6) is 0. The maximum Gasteiger partial charge on any atom is 0.0798 e. The zero-order valence-electron chi connectivity index (χ0n) is 8.42. The van der Waals surface area contributed by atoms with E-state index in [1.165, 1.54) is 4.88 Å². The summed E-state index contributed by atoms with van der Waals surface area (Å²) >= 11 is 1.69. The smallest absolute Gasteiger partial charge is 0.0798 e. The normalized spacial score (nSPS) is 18.4. The van der Waals surface area contributed by atoms with Crippen molar-refractivity contribution < 1.29 is 5.11 Å². The number of nitrogens with zero attached hydrogens (tertiary/aromatic N) is 1. The van der Waals surface area contributed by atoms with Gasteiger partial charge in [-0.2, -0.15) is 0 Å². The number of rotatable bonds is 5. The van der Waals surface area contributed by atoms with E-state index in [2.05, 4.69) is 10.3 Å². The number of aliphatic hydroxyl groups is 1. The molecule has 1 aliphatic rings. The molecule has 0 spiro atoms. The fourth-order valence-electron chi connectivity index (χ4n) is 1.50. The quantitative estimate of drug-likeness (QED) is 0.773. The molecule has 0 aromatic carbocycles. The molecule has 0 saturated heterocycles. The fourth-order valence-corrected chi connectivity index (χ4v) is 2.25. The maximum absolute atomic E-state index is 9.12. The minimum atomic E-state index is 0.207. The summed E-state index contributed by atoms with van der Waals surface area (Å²) in [6, 6.07) is 0. The highest BCUT2D eigenvalue weighted by Gasteiger charge is 2.41. The minimum absolute atomic E-state index is 0.207. The van der Waals surface area contributed by atoms with E-state index in [0.717, 1.165) is 31.6 Å². The second-order valence-corrected chi connectivity index (χ2v) is 5.06. The first-order valence-electron chi connectivity index (χ1n) is 4.96. The van der Waals surface area contributed by atoms with Gasteiger partial charge in [-0.15, -0.1) is 11.3 Å². The average Bonchev–Trinajstić information content (AvgIpc) is 2.86. The first kappa shape index (κ1) is 10.1. The van der Waals surface area contributed by atoms with Gasteiger partial charge >= 0.3 is 0 Å². The second kappa shape index (κ2) is 3.96. The molecule has 1 aromatic rings. The molecule has 0 amide bonds. The van der Waals surface area contributed by atoms with E-state index in [0.29, 0.717) is 6.61 Å². The van der Waals surface area contributed by atoms with Crippen molar-refractivity contribution in [3.8, 4) is 0 Å². The molecular weight excluding hydrogens is 196 g/mol. The molecule has 0 atom stereocenters. The van der Waals surface area contributed by atoms with Gasteiger partial charge in [-0.25, -0.2) is 4.98 Å². The molecule has 14 heavy (non-hydrogen) atoms. The van der Waals surface area contributed by atoms with Gasteiger partial charge in [-0.3, -0.25) is 0 Å². The standard InChI is InChI=1S/C10H16N2OS/c1-8-9(14-7-12-8)4-11-5-10(6-13)2-3-10/h7,11,13H,2-6H2,1H3. The lowest BCUT2D eigenvalue weighted by molar-refractivity contribution is 0.207. The Bertz CT molecular complexity index is 307. The van der Waals surface area contributed by atoms with Gasteiger partial charge in [-0.05, 0) is 19.8 Å². The van der Waals surface area contributed by atoms with Crippen molar-refractivity contribution in [3.63, 3.8) is 0 Å². The number of nitrogens with one attached hydrogen (secondary N) is 1. The third kappa shape index (κ3) is 2.13. The van der Waals surface area contributed by atoms with E-state index in [1.807, 2.05) is 12.4 Å². The third-order valence-electron chi connectivity index (χ3n) is 2.92. The van der Waals surface area contributed by atoms with Gasteiger partial charge in [0.2, 0.25) is 0 Å². The third-order valence-corrected chi connectivity index (χ3v) is 3.86. The van der Waals surface area contributed by atoms with Gasteiger partial charge in [0.05, 0.1) is 11.2 Å². The topological polar surface area (TPSA) is 45.2 Å². The summed E-state index contributed by atoms with van der Waals surface area (Å²) in [5.41, 5.74) is 3.21. The lowest BCUT2D eigenvalue weighted by atomic mass is 10.1. The van der Waals surface area contributed by atoms with Crippen LogP contribution in [0.4, 0.5) is 0 Å². The second-order valence-electron chi connectivity index (χ2n) is 4.12. The Kier molecular flexibility index (Phi) is 2.85. The molecular formula is C10H16N2OS. The Morgan fingerprint density at radius 2 is 2.43 bits per heavy atom. The lowest BCUT2D eigenvalue weighted by Crippen LogP contribution is -2.25. The predicted octanol–water partition coefficient (Wildman–Crippen LogP) is 1.31. The molecule has 1 heterocycles. The SMILES string of the molecule is Cc1ncsc1CNCC1(CO)CC1. The van der Waals surface area contributed by atoms with Crippen LogP contribution in [0, 0.1) is 12.3 Å². The van der Waals surface area contributed by atoms with Crippen LogP contribution >= 0.6 is 11.3 Å². The molecule has 1 aliphatic carbocycles. The molecule has 0 unspecified atom stereocenters. The van der Waals surface area contributed by atoms with Crippen LogP contribution in [0.15, 0.2) is 5.51 Å². The van der Waals surface area contributed by atoms with E-state index < -0.39 is 0 Å². The largest absolute Gasteiger partial charge is 0.396 e. The van der Waals surface area contributed by atoms with Gasteiger partial charge in [0.15, 0.2) is 0 Å². The van der Waals surface area contributed by atoms with Crippen LogP contribution in [0.3, 0.4) is 0 Å². The molecule has 3 nitrogen and oxygen atoms in total. The van der Waals surface area contributed by atoms with Crippen LogP contribution in [0.5, 0.6) is 0 Å². The van der Waals surface area contributed by atoms with Crippen LogP contribution < -0.4 is 5.32 Å². The molecule has 1 saturated carbocycles. The van der Waals surface area contributed by atoms with Crippen molar-refractivity contribution in [1.82, 2.24) is 10.3 Å². The fraction of sp³-hybridized carbons (Fsp3) is 0.700. The minimum Gasteiger partial charge on any atom is -0.396 e. The highest BCUT2D eigenvalue weighted by molar-refractivity contribution is 7.09. The Morgan fingerprint density at radius 1 is 1.64 bits per heavy atom. The van der Waals surface area contributed by atoms with Gasteiger partial charge in [-0.1, -0.05) is 0 Å². The summed E-state index contributed by atoms with van der Waals surface area (Å²) in [6.45, 7) is 4.17. The summed E-state index contributed by atoms with van der Waals surface area (Å²) in [5, 5.41) is 12.5. The Balaban J connectivity index is 1.76. The van der Waals surface area contributed by atoms with E-state index in [-0.39, 0.29) is 5.41 Å². The van der Waals surface area contributed by atoms with Crippen LogP contribution in [0.25, 0.3) is 0 Å². The molecule has 0 bridgehead atoms.